The van der Waals surface area contributed by atoms with E-state index in [4.69, 9.17) is 23.7 Å². The lowest BCUT2D eigenvalue weighted by molar-refractivity contribution is -0.277. The molecule has 0 unspecified atom stereocenters. The van der Waals surface area contributed by atoms with Crippen molar-refractivity contribution in [3.05, 3.63) is 35.9 Å². The predicted octanol–water partition coefficient (Wildman–Crippen LogP) is 1.33. The molecule has 0 radical (unpaired) electrons. The molecule has 1 fully saturated rings. The van der Waals surface area contributed by atoms with Gasteiger partial charge in [0.1, 0.15) is 12.7 Å². The summed E-state index contributed by atoms with van der Waals surface area (Å²) < 4.78 is 27.7. The molecule has 2 rings (SSSR count). The van der Waals surface area contributed by atoms with Crippen molar-refractivity contribution in [2.45, 2.75) is 64.9 Å². The van der Waals surface area contributed by atoms with Crippen LogP contribution in [0.2, 0.25) is 0 Å². The summed E-state index contributed by atoms with van der Waals surface area (Å²) in [6.07, 6.45) is -3.60. The van der Waals surface area contributed by atoms with Gasteiger partial charge in [-0.15, -0.1) is 0 Å². The zero-order valence-electron chi connectivity index (χ0n) is 17.7. The molecule has 9 nitrogen and oxygen atoms in total. The van der Waals surface area contributed by atoms with Gasteiger partial charge in [0, 0.05) is 33.9 Å². The van der Waals surface area contributed by atoms with Crippen molar-refractivity contribution in [1.82, 2.24) is 5.32 Å². The normalized spacial score (nSPS) is 25.9. The second-order valence-electron chi connectivity index (χ2n) is 6.84. The van der Waals surface area contributed by atoms with E-state index in [0.29, 0.717) is 13.2 Å². The number of benzene rings is 1. The first-order valence-corrected chi connectivity index (χ1v) is 9.84. The Bertz CT molecular complexity index is 710. The van der Waals surface area contributed by atoms with E-state index in [0.717, 1.165) is 5.56 Å². The summed E-state index contributed by atoms with van der Waals surface area (Å²) in [5.74, 6) is -1.64. The maximum absolute atomic E-state index is 11.8. The highest BCUT2D eigenvalue weighted by molar-refractivity contribution is 5.68. The van der Waals surface area contributed by atoms with Gasteiger partial charge in [0.05, 0.1) is 6.04 Å². The molecule has 0 aromatic heterocycles. The zero-order valence-corrected chi connectivity index (χ0v) is 17.7. The third kappa shape index (κ3) is 7.08. The van der Waals surface area contributed by atoms with Gasteiger partial charge >= 0.3 is 17.9 Å². The molecule has 5 atom stereocenters. The molecule has 166 valence electrons. The number of carbonyl (C=O) groups is 3. The molecular formula is C21H29NO8. The summed E-state index contributed by atoms with van der Waals surface area (Å²) in [6.45, 7) is 6.17. The Balaban J connectivity index is 2.31. The van der Waals surface area contributed by atoms with E-state index >= 15 is 0 Å². The van der Waals surface area contributed by atoms with E-state index in [1.54, 1.807) is 6.92 Å². The van der Waals surface area contributed by atoms with Crippen LogP contribution in [0, 0.1) is 0 Å². The first-order chi connectivity index (χ1) is 14.3. The largest absolute Gasteiger partial charge is 0.463 e. The second kappa shape index (κ2) is 11.6. The van der Waals surface area contributed by atoms with Crippen LogP contribution in [0.1, 0.15) is 33.3 Å². The van der Waals surface area contributed by atoms with E-state index in [1.165, 1.54) is 20.8 Å². The van der Waals surface area contributed by atoms with Crippen LogP contribution in [0.3, 0.4) is 0 Å². The number of esters is 3. The summed E-state index contributed by atoms with van der Waals surface area (Å²) in [5, 5.41) is 3.29. The lowest BCUT2D eigenvalue weighted by Gasteiger charge is -2.45. The van der Waals surface area contributed by atoms with Gasteiger partial charge in [-0.25, -0.2) is 0 Å². The molecule has 0 aliphatic carbocycles. The first-order valence-electron chi connectivity index (χ1n) is 9.84. The molecule has 9 heteroatoms. The summed E-state index contributed by atoms with van der Waals surface area (Å²) in [5.41, 5.74) is 1.00. The quantitative estimate of drug-likeness (QED) is 0.465. The number of hydrogen-bond donors (Lipinski definition) is 1. The number of rotatable bonds is 9. The van der Waals surface area contributed by atoms with E-state index in [2.05, 4.69) is 5.32 Å². The molecule has 1 aromatic carbocycles. The number of hydrogen-bond acceptors (Lipinski definition) is 9. The van der Waals surface area contributed by atoms with Crippen LogP contribution in [0.25, 0.3) is 0 Å². The smallest absolute Gasteiger partial charge is 0.303 e. The van der Waals surface area contributed by atoms with Gasteiger partial charge in [0.2, 0.25) is 0 Å². The molecule has 0 spiro atoms. The number of ether oxygens (including phenoxy) is 5. The third-order valence-corrected chi connectivity index (χ3v) is 4.42. The number of carbonyl (C=O) groups excluding carboxylic acids is 3. The minimum absolute atomic E-state index is 0.181. The Morgan fingerprint density at radius 3 is 2.17 bits per heavy atom. The molecule has 0 bridgehead atoms. The van der Waals surface area contributed by atoms with E-state index in [9.17, 15) is 14.4 Å². The van der Waals surface area contributed by atoms with Crippen LogP contribution in [-0.4, -0.2) is 61.8 Å². The van der Waals surface area contributed by atoms with Gasteiger partial charge in [-0.3, -0.25) is 14.4 Å². The Kier molecular flexibility index (Phi) is 9.22. The third-order valence-electron chi connectivity index (χ3n) is 4.42. The lowest BCUT2D eigenvalue weighted by Crippen LogP contribution is -2.65. The van der Waals surface area contributed by atoms with Gasteiger partial charge in [-0.05, 0) is 12.5 Å². The van der Waals surface area contributed by atoms with Crippen molar-refractivity contribution in [2.24, 2.45) is 0 Å². The maximum Gasteiger partial charge on any atom is 0.303 e. The van der Waals surface area contributed by atoms with Gasteiger partial charge in [0.25, 0.3) is 0 Å². The predicted molar refractivity (Wildman–Crippen MR) is 105 cm³/mol. The summed E-state index contributed by atoms with van der Waals surface area (Å²) >= 11 is 0. The van der Waals surface area contributed by atoms with E-state index in [-0.39, 0.29) is 6.61 Å². The highest BCUT2D eigenvalue weighted by atomic mass is 16.7. The van der Waals surface area contributed by atoms with Gasteiger partial charge in [-0.1, -0.05) is 30.3 Å². The monoisotopic (exact) mass is 423 g/mol. The molecule has 1 saturated heterocycles. The van der Waals surface area contributed by atoms with Crippen LogP contribution in [0.5, 0.6) is 0 Å². The topological polar surface area (TPSA) is 109 Å². The fraction of sp³-hybridized carbons (Fsp3) is 0.571. The van der Waals surface area contributed by atoms with Crippen molar-refractivity contribution in [2.75, 3.05) is 13.2 Å². The molecule has 0 amide bonds. The minimum Gasteiger partial charge on any atom is -0.463 e. The van der Waals surface area contributed by atoms with Gasteiger partial charge < -0.3 is 29.0 Å². The average molecular weight is 423 g/mol. The molecular weight excluding hydrogens is 394 g/mol. The molecule has 1 aliphatic heterocycles. The van der Waals surface area contributed by atoms with Crippen LogP contribution in [-0.2, 0) is 44.6 Å². The first kappa shape index (κ1) is 23.8. The van der Waals surface area contributed by atoms with Crippen molar-refractivity contribution < 1.29 is 38.1 Å². The summed E-state index contributed by atoms with van der Waals surface area (Å²) in [7, 11) is 0. The van der Waals surface area contributed by atoms with Gasteiger partial charge in [-0.2, -0.15) is 0 Å². The fourth-order valence-corrected chi connectivity index (χ4v) is 3.26. The van der Waals surface area contributed by atoms with Crippen molar-refractivity contribution in [3.63, 3.8) is 0 Å². The molecule has 1 heterocycles. The maximum atomic E-state index is 11.8. The summed E-state index contributed by atoms with van der Waals surface area (Å²) in [6, 6.07) is 8.99. The SMILES string of the molecule is CCO[C@@H]1O[C@H](COC(C)=O)[C@@H](OC(C)=O)[C@H](OC(C)=O)[C@H]1NCc1ccccc1. The molecule has 0 saturated carbocycles. The molecule has 30 heavy (non-hydrogen) atoms. The summed E-state index contributed by atoms with van der Waals surface area (Å²) in [4.78, 5) is 34.9. The molecule has 1 N–H and O–H groups in total. The Morgan fingerprint density at radius 1 is 0.967 bits per heavy atom. The number of nitrogens with one attached hydrogen (secondary N) is 1. The van der Waals surface area contributed by atoms with Crippen LogP contribution >= 0.6 is 0 Å². The Morgan fingerprint density at radius 2 is 1.60 bits per heavy atom. The van der Waals surface area contributed by atoms with Crippen LogP contribution in [0.4, 0.5) is 0 Å². The Hall–Kier alpha value is -2.49. The second-order valence-corrected chi connectivity index (χ2v) is 6.84. The minimum atomic E-state index is -0.990. The fourth-order valence-electron chi connectivity index (χ4n) is 3.26. The highest BCUT2D eigenvalue weighted by Gasteiger charge is 2.50. The van der Waals surface area contributed by atoms with Crippen molar-refractivity contribution >= 4 is 17.9 Å². The van der Waals surface area contributed by atoms with E-state index < -0.39 is 48.6 Å². The highest BCUT2D eigenvalue weighted by Crippen LogP contribution is 2.28. The van der Waals surface area contributed by atoms with Crippen molar-refractivity contribution in [1.29, 1.82) is 0 Å². The van der Waals surface area contributed by atoms with Gasteiger partial charge in [0.15, 0.2) is 18.5 Å². The molecule has 1 aromatic rings. The molecule has 1 aliphatic rings. The average Bonchev–Trinajstić information content (AvgIpc) is 2.68. The lowest BCUT2D eigenvalue weighted by atomic mass is 9.95. The van der Waals surface area contributed by atoms with Crippen LogP contribution < -0.4 is 5.32 Å². The zero-order chi connectivity index (χ0) is 22.1. The Labute approximate surface area is 176 Å². The van der Waals surface area contributed by atoms with Crippen molar-refractivity contribution in [3.8, 4) is 0 Å². The standard InChI is InChI=1S/C21H29NO8/c1-5-26-21-18(22-11-16-9-7-6-8-10-16)20(29-15(4)25)19(28-14(3)24)17(30-21)12-27-13(2)23/h6-10,17-22H,5,11-12H2,1-4H3/t17-,18-,19-,20-,21-/m1/s1. The van der Waals surface area contributed by atoms with Crippen LogP contribution in [0.15, 0.2) is 30.3 Å². The van der Waals surface area contributed by atoms with E-state index in [1.807, 2.05) is 30.3 Å².